The Morgan fingerprint density at radius 3 is 2.19 bits per heavy atom. The van der Waals surface area contributed by atoms with Crippen LogP contribution in [0.3, 0.4) is 0 Å². The van der Waals surface area contributed by atoms with E-state index in [1.165, 1.54) is 11.3 Å². The molecule has 4 rings (SSSR count). The molecule has 1 saturated heterocycles. The molecule has 0 aliphatic carbocycles. The van der Waals surface area contributed by atoms with E-state index < -0.39 is 0 Å². The second kappa shape index (κ2) is 6.99. The predicted octanol–water partition coefficient (Wildman–Crippen LogP) is 2.43. The summed E-state index contributed by atoms with van der Waals surface area (Å²) in [6.45, 7) is 5.08. The van der Waals surface area contributed by atoms with Gasteiger partial charge in [-0.15, -0.1) is 11.3 Å². The lowest BCUT2D eigenvalue weighted by atomic mass is 10.1. The van der Waals surface area contributed by atoms with Crippen LogP contribution in [-0.4, -0.2) is 61.0 Å². The molecule has 2 amide bonds. The number of ether oxygens (including phenoxy) is 2. The van der Waals surface area contributed by atoms with E-state index in [1.807, 2.05) is 35.4 Å². The monoisotopic (exact) mass is 372 g/mol. The van der Waals surface area contributed by atoms with Crippen LogP contribution in [-0.2, 0) is 0 Å². The van der Waals surface area contributed by atoms with Crippen molar-refractivity contribution in [1.82, 2.24) is 9.80 Å². The third-order valence-corrected chi connectivity index (χ3v) is 5.56. The van der Waals surface area contributed by atoms with Crippen molar-refractivity contribution in [2.45, 2.75) is 6.92 Å². The van der Waals surface area contributed by atoms with Gasteiger partial charge in [-0.2, -0.15) is 0 Å². The standard InChI is InChI=1S/C19H20N2O4S/c1-13-11-15-16(25-9-8-24-15)12-14(13)18(22)20-4-6-21(7-5-20)19(23)17-3-2-10-26-17/h2-3,10-12H,4-9H2,1H3. The van der Waals surface area contributed by atoms with Crippen molar-refractivity contribution in [3.05, 3.63) is 45.6 Å². The minimum absolute atomic E-state index is 0.0253. The Kier molecular flexibility index (Phi) is 4.55. The number of amides is 2. The lowest BCUT2D eigenvalue weighted by Gasteiger charge is -2.35. The molecule has 0 spiro atoms. The van der Waals surface area contributed by atoms with E-state index in [-0.39, 0.29) is 11.8 Å². The third kappa shape index (κ3) is 3.14. The lowest BCUT2D eigenvalue weighted by molar-refractivity contribution is 0.0537. The predicted molar refractivity (Wildman–Crippen MR) is 98.3 cm³/mol. The minimum atomic E-state index is -0.0253. The number of nitrogens with zero attached hydrogens (tertiary/aromatic N) is 2. The fourth-order valence-corrected chi connectivity index (χ4v) is 3.95. The molecule has 7 heteroatoms. The quantitative estimate of drug-likeness (QED) is 0.812. The molecular weight excluding hydrogens is 352 g/mol. The van der Waals surface area contributed by atoms with Crippen molar-refractivity contribution in [2.24, 2.45) is 0 Å². The molecule has 26 heavy (non-hydrogen) atoms. The van der Waals surface area contributed by atoms with Crippen LogP contribution in [0.1, 0.15) is 25.6 Å². The molecule has 3 heterocycles. The Bertz CT molecular complexity index is 826. The van der Waals surface area contributed by atoms with Gasteiger partial charge >= 0.3 is 0 Å². The van der Waals surface area contributed by atoms with E-state index in [9.17, 15) is 9.59 Å². The van der Waals surface area contributed by atoms with Crippen LogP contribution >= 0.6 is 11.3 Å². The molecule has 0 unspecified atom stereocenters. The summed E-state index contributed by atoms with van der Waals surface area (Å²) in [5.74, 6) is 1.33. The third-order valence-electron chi connectivity index (χ3n) is 4.71. The molecule has 0 N–H and O–H groups in total. The molecule has 2 aliphatic heterocycles. The molecule has 136 valence electrons. The number of carbonyl (C=O) groups excluding carboxylic acids is 2. The fraction of sp³-hybridized carbons (Fsp3) is 0.368. The van der Waals surface area contributed by atoms with Crippen molar-refractivity contribution in [1.29, 1.82) is 0 Å². The van der Waals surface area contributed by atoms with E-state index in [1.54, 1.807) is 11.0 Å². The summed E-state index contributed by atoms with van der Waals surface area (Å²) in [7, 11) is 0. The molecule has 0 radical (unpaired) electrons. The Morgan fingerprint density at radius 1 is 0.962 bits per heavy atom. The zero-order valence-corrected chi connectivity index (χ0v) is 15.4. The Labute approximate surface area is 155 Å². The van der Waals surface area contributed by atoms with Gasteiger partial charge in [0.15, 0.2) is 11.5 Å². The molecule has 2 aliphatic rings. The Morgan fingerprint density at radius 2 is 1.58 bits per heavy atom. The van der Waals surface area contributed by atoms with E-state index in [4.69, 9.17) is 9.47 Å². The van der Waals surface area contributed by atoms with Crippen LogP contribution in [0.4, 0.5) is 0 Å². The molecule has 2 aromatic rings. The minimum Gasteiger partial charge on any atom is -0.486 e. The average molecular weight is 372 g/mol. The molecule has 1 aromatic carbocycles. The zero-order valence-electron chi connectivity index (χ0n) is 14.6. The SMILES string of the molecule is Cc1cc2c(cc1C(=O)N1CCN(C(=O)c3cccs3)CC1)OCCO2. The number of aryl methyl sites for hydroxylation is 1. The van der Waals surface area contributed by atoms with Gasteiger partial charge in [0.05, 0.1) is 4.88 Å². The van der Waals surface area contributed by atoms with E-state index in [0.717, 1.165) is 10.4 Å². The Hall–Kier alpha value is -2.54. The van der Waals surface area contributed by atoms with Gasteiger partial charge in [0.2, 0.25) is 0 Å². The number of piperazine rings is 1. The van der Waals surface area contributed by atoms with Crippen molar-refractivity contribution >= 4 is 23.2 Å². The topological polar surface area (TPSA) is 59.1 Å². The smallest absolute Gasteiger partial charge is 0.264 e. The van der Waals surface area contributed by atoms with Gasteiger partial charge in [-0.1, -0.05) is 6.07 Å². The Balaban J connectivity index is 1.45. The van der Waals surface area contributed by atoms with Crippen LogP contribution < -0.4 is 9.47 Å². The summed E-state index contributed by atoms with van der Waals surface area (Å²) in [6.07, 6.45) is 0. The van der Waals surface area contributed by atoms with Crippen LogP contribution in [0.25, 0.3) is 0 Å². The van der Waals surface area contributed by atoms with Crippen molar-refractivity contribution in [3.63, 3.8) is 0 Å². The number of carbonyl (C=O) groups is 2. The zero-order chi connectivity index (χ0) is 18.1. The molecule has 0 atom stereocenters. The van der Waals surface area contributed by atoms with Crippen molar-refractivity contribution in [2.75, 3.05) is 39.4 Å². The van der Waals surface area contributed by atoms with Gasteiger partial charge in [-0.05, 0) is 36.1 Å². The maximum absolute atomic E-state index is 12.9. The summed E-state index contributed by atoms with van der Waals surface area (Å²) >= 11 is 1.45. The number of hydrogen-bond donors (Lipinski definition) is 0. The van der Waals surface area contributed by atoms with E-state index in [2.05, 4.69) is 0 Å². The first kappa shape index (κ1) is 16.9. The highest BCUT2D eigenvalue weighted by molar-refractivity contribution is 7.12. The van der Waals surface area contributed by atoms with Gasteiger partial charge in [0.25, 0.3) is 11.8 Å². The number of benzene rings is 1. The molecular formula is C19H20N2O4S. The molecule has 1 aromatic heterocycles. The second-order valence-corrected chi connectivity index (χ2v) is 7.32. The van der Waals surface area contributed by atoms with Gasteiger partial charge in [0, 0.05) is 31.7 Å². The lowest BCUT2D eigenvalue weighted by Crippen LogP contribution is -2.50. The molecule has 1 fully saturated rings. The summed E-state index contributed by atoms with van der Waals surface area (Å²) in [5.41, 5.74) is 1.50. The van der Waals surface area contributed by atoms with Crippen LogP contribution in [0.5, 0.6) is 11.5 Å². The normalized spacial score (nSPS) is 16.5. The summed E-state index contributed by atoms with van der Waals surface area (Å²) < 4.78 is 11.2. The van der Waals surface area contributed by atoms with Gasteiger partial charge in [-0.3, -0.25) is 9.59 Å². The summed E-state index contributed by atoms with van der Waals surface area (Å²) in [6, 6.07) is 7.35. The highest BCUT2D eigenvalue weighted by atomic mass is 32.1. The van der Waals surface area contributed by atoms with E-state index in [0.29, 0.717) is 56.5 Å². The van der Waals surface area contributed by atoms with Crippen molar-refractivity contribution < 1.29 is 19.1 Å². The highest BCUT2D eigenvalue weighted by Crippen LogP contribution is 2.33. The largest absolute Gasteiger partial charge is 0.486 e. The molecule has 6 nitrogen and oxygen atoms in total. The molecule has 0 saturated carbocycles. The first-order valence-electron chi connectivity index (χ1n) is 8.66. The maximum atomic E-state index is 12.9. The number of fused-ring (bicyclic) bond motifs is 1. The van der Waals surface area contributed by atoms with Gasteiger partial charge in [0.1, 0.15) is 13.2 Å². The van der Waals surface area contributed by atoms with Crippen molar-refractivity contribution in [3.8, 4) is 11.5 Å². The van der Waals surface area contributed by atoms with Crippen LogP contribution in [0.2, 0.25) is 0 Å². The second-order valence-electron chi connectivity index (χ2n) is 6.37. The number of hydrogen-bond acceptors (Lipinski definition) is 5. The number of thiophene rings is 1. The van der Waals surface area contributed by atoms with Crippen LogP contribution in [0.15, 0.2) is 29.6 Å². The maximum Gasteiger partial charge on any atom is 0.264 e. The highest BCUT2D eigenvalue weighted by Gasteiger charge is 2.27. The van der Waals surface area contributed by atoms with Gasteiger partial charge in [-0.25, -0.2) is 0 Å². The average Bonchev–Trinajstić information content (AvgIpc) is 3.21. The summed E-state index contributed by atoms with van der Waals surface area (Å²) in [5, 5.41) is 1.90. The number of rotatable bonds is 2. The van der Waals surface area contributed by atoms with E-state index >= 15 is 0 Å². The van der Waals surface area contributed by atoms with Crippen LogP contribution in [0, 0.1) is 6.92 Å². The first-order chi connectivity index (χ1) is 12.6. The fourth-order valence-electron chi connectivity index (χ4n) is 3.26. The molecule has 0 bridgehead atoms. The van der Waals surface area contributed by atoms with Gasteiger partial charge < -0.3 is 19.3 Å². The summed E-state index contributed by atoms with van der Waals surface area (Å²) in [4.78, 5) is 29.7. The first-order valence-corrected chi connectivity index (χ1v) is 9.54.